The van der Waals surface area contributed by atoms with Crippen LogP contribution in [-0.2, 0) is 6.18 Å². The van der Waals surface area contributed by atoms with Gasteiger partial charge in [0, 0.05) is 0 Å². The zero-order chi connectivity index (χ0) is 13.8. The molecule has 0 bridgehead atoms. The molecule has 1 aromatic carbocycles. The van der Waals surface area contributed by atoms with Gasteiger partial charge in [0.1, 0.15) is 0 Å². The lowest BCUT2D eigenvalue weighted by Crippen LogP contribution is -2.06. The molecule has 0 amide bonds. The number of alkyl halides is 3. The maximum absolute atomic E-state index is 12.5. The second kappa shape index (κ2) is 3.94. The lowest BCUT2D eigenvalue weighted by molar-refractivity contribution is -0.144. The Morgan fingerprint density at radius 2 is 1.53 bits per heavy atom. The van der Waals surface area contributed by atoms with Gasteiger partial charge in [-0.05, 0) is 12.1 Å². The third-order valence-corrected chi connectivity index (χ3v) is 3.13. The number of halogens is 5. The molecule has 0 aliphatic rings. The van der Waals surface area contributed by atoms with Gasteiger partial charge in [0.25, 0.3) is 0 Å². The highest BCUT2D eigenvalue weighted by molar-refractivity contribution is 6.42. The van der Waals surface area contributed by atoms with E-state index in [2.05, 4.69) is 19.9 Å². The number of benzene rings is 1. The van der Waals surface area contributed by atoms with E-state index in [1.54, 1.807) is 0 Å². The quantitative estimate of drug-likeness (QED) is 0.686. The summed E-state index contributed by atoms with van der Waals surface area (Å²) < 4.78 is 37.5. The average molecular weight is 307 g/mol. The molecular formula is C10H3Cl2F3N4. The van der Waals surface area contributed by atoms with Gasteiger partial charge in [-0.3, -0.25) is 0 Å². The molecular weight excluding hydrogens is 304 g/mol. The summed E-state index contributed by atoms with van der Waals surface area (Å²) in [6.07, 6.45) is -4.58. The third kappa shape index (κ3) is 2.08. The van der Waals surface area contributed by atoms with Crippen LogP contribution < -0.4 is 0 Å². The smallest absolute Gasteiger partial charge is 0.318 e. The molecule has 0 saturated heterocycles. The van der Waals surface area contributed by atoms with Crippen molar-refractivity contribution in [1.82, 2.24) is 19.9 Å². The molecule has 0 fully saturated rings. The van der Waals surface area contributed by atoms with Crippen LogP contribution in [0.3, 0.4) is 0 Å². The number of aromatic amines is 1. The van der Waals surface area contributed by atoms with Crippen molar-refractivity contribution >= 4 is 45.5 Å². The van der Waals surface area contributed by atoms with E-state index < -0.39 is 12.0 Å². The Morgan fingerprint density at radius 3 is 2.11 bits per heavy atom. The summed E-state index contributed by atoms with van der Waals surface area (Å²) >= 11 is 11.6. The fraction of sp³-hybridized carbons (Fsp3) is 0.100. The van der Waals surface area contributed by atoms with Crippen LogP contribution in [0.1, 0.15) is 5.82 Å². The van der Waals surface area contributed by atoms with Gasteiger partial charge in [-0.15, -0.1) is 0 Å². The second-order valence-electron chi connectivity index (χ2n) is 3.73. The van der Waals surface area contributed by atoms with Crippen LogP contribution in [0.5, 0.6) is 0 Å². The molecule has 0 aliphatic carbocycles. The molecule has 19 heavy (non-hydrogen) atoms. The maximum Gasteiger partial charge on any atom is 0.449 e. The summed E-state index contributed by atoms with van der Waals surface area (Å²) in [6.45, 7) is 0. The van der Waals surface area contributed by atoms with Gasteiger partial charge in [0.15, 0.2) is 11.3 Å². The van der Waals surface area contributed by atoms with Gasteiger partial charge in [-0.25, -0.2) is 15.0 Å². The molecule has 0 saturated carbocycles. The molecule has 1 N–H and O–H groups in total. The minimum atomic E-state index is -4.58. The number of H-pyrrole nitrogens is 1. The van der Waals surface area contributed by atoms with E-state index in [4.69, 9.17) is 23.2 Å². The molecule has 4 nitrogen and oxygen atoms in total. The van der Waals surface area contributed by atoms with Gasteiger partial charge in [0.05, 0.1) is 21.1 Å². The Hall–Kier alpha value is -1.60. The largest absolute Gasteiger partial charge is 0.449 e. The number of nitrogens with one attached hydrogen (secondary N) is 1. The number of hydrogen-bond donors (Lipinski definition) is 1. The number of hydrogen-bond acceptors (Lipinski definition) is 3. The molecule has 2 aromatic heterocycles. The van der Waals surface area contributed by atoms with Crippen molar-refractivity contribution < 1.29 is 13.2 Å². The topological polar surface area (TPSA) is 54.5 Å². The van der Waals surface area contributed by atoms with Crippen LogP contribution in [0.15, 0.2) is 12.1 Å². The van der Waals surface area contributed by atoms with E-state index in [1.807, 2.05) is 0 Å². The fourth-order valence-corrected chi connectivity index (χ4v) is 1.90. The number of fused-ring (bicyclic) bond motifs is 2. The minimum Gasteiger partial charge on any atom is -0.318 e. The summed E-state index contributed by atoms with van der Waals surface area (Å²) in [5, 5.41) is 0.493. The van der Waals surface area contributed by atoms with Crippen molar-refractivity contribution in [3.05, 3.63) is 28.0 Å². The number of imidazole rings is 1. The van der Waals surface area contributed by atoms with Crippen LogP contribution in [0, 0.1) is 0 Å². The first-order valence-electron chi connectivity index (χ1n) is 4.94. The van der Waals surface area contributed by atoms with Crippen LogP contribution in [0.2, 0.25) is 10.0 Å². The standard InChI is InChI=1S/C10H3Cl2F3N4/c11-3-1-5-6(2-4(3)12)17-8-7(16-5)18-9(19-8)10(13,14)15/h1-2H,(H,16,17,18,19). The molecule has 3 rings (SSSR count). The Kier molecular flexibility index (Phi) is 2.58. The van der Waals surface area contributed by atoms with Crippen molar-refractivity contribution in [3.8, 4) is 0 Å². The highest BCUT2D eigenvalue weighted by Crippen LogP contribution is 2.30. The first kappa shape index (κ1) is 12.4. The lowest BCUT2D eigenvalue weighted by Gasteiger charge is -1.99. The number of nitrogens with zero attached hydrogens (tertiary/aromatic N) is 3. The highest BCUT2D eigenvalue weighted by Gasteiger charge is 2.35. The van der Waals surface area contributed by atoms with Crippen LogP contribution in [0.25, 0.3) is 22.3 Å². The van der Waals surface area contributed by atoms with Crippen molar-refractivity contribution in [2.24, 2.45) is 0 Å². The molecule has 0 radical (unpaired) electrons. The van der Waals surface area contributed by atoms with Crippen molar-refractivity contribution in [3.63, 3.8) is 0 Å². The van der Waals surface area contributed by atoms with Gasteiger partial charge in [-0.1, -0.05) is 23.2 Å². The predicted molar refractivity (Wildman–Crippen MR) is 64.2 cm³/mol. The van der Waals surface area contributed by atoms with Gasteiger partial charge < -0.3 is 4.98 Å². The second-order valence-corrected chi connectivity index (χ2v) is 4.55. The van der Waals surface area contributed by atoms with E-state index in [-0.39, 0.29) is 21.3 Å². The SMILES string of the molecule is FC(F)(F)c1nc2nc3cc(Cl)c(Cl)cc3nc2[nH]1. The van der Waals surface area contributed by atoms with Crippen molar-refractivity contribution in [2.45, 2.75) is 6.18 Å². The summed E-state index contributed by atoms with van der Waals surface area (Å²) in [6, 6.07) is 2.85. The van der Waals surface area contributed by atoms with E-state index in [0.717, 1.165) is 0 Å². The van der Waals surface area contributed by atoms with Crippen LogP contribution in [-0.4, -0.2) is 19.9 Å². The Bertz CT molecular complexity index is 738. The van der Waals surface area contributed by atoms with Gasteiger partial charge in [0.2, 0.25) is 5.82 Å². The predicted octanol–water partition coefficient (Wildman–Crippen LogP) is 3.83. The van der Waals surface area contributed by atoms with Crippen molar-refractivity contribution in [2.75, 3.05) is 0 Å². The molecule has 0 spiro atoms. The number of rotatable bonds is 0. The zero-order valence-corrected chi connectivity index (χ0v) is 10.4. The molecule has 0 aliphatic heterocycles. The molecule has 2 heterocycles. The summed E-state index contributed by atoms with van der Waals surface area (Å²) in [7, 11) is 0. The first-order valence-corrected chi connectivity index (χ1v) is 5.70. The zero-order valence-electron chi connectivity index (χ0n) is 8.89. The van der Waals surface area contributed by atoms with Crippen LogP contribution >= 0.6 is 23.2 Å². The molecule has 3 aromatic rings. The molecule has 9 heteroatoms. The van der Waals surface area contributed by atoms with E-state index in [0.29, 0.717) is 11.0 Å². The normalized spacial score (nSPS) is 12.5. The van der Waals surface area contributed by atoms with E-state index in [9.17, 15) is 13.2 Å². The fourth-order valence-electron chi connectivity index (χ4n) is 1.58. The van der Waals surface area contributed by atoms with Crippen molar-refractivity contribution in [1.29, 1.82) is 0 Å². The van der Waals surface area contributed by atoms with Gasteiger partial charge in [-0.2, -0.15) is 13.2 Å². The highest BCUT2D eigenvalue weighted by atomic mass is 35.5. The lowest BCUT2D eigenvalue weighted by atomic mass is 10.3. The Labute approximate surface area is 113 Å². The van der Waals surface area contributed by atoms with Gasteiger partial charge >= 0.3 is 6.18 Å². The monoisotopic (exact) mass is 306 g/mol. The molecule has 98 valence electrons. The minimum absolute atomic E-state index is 0.0572. The molecule has 0 atom stereocenters. The van der Waals surface area contributed by atoms with E-state index >= 15 is 0 Å². The summed E-state index contributed by atoms with van der Waals surface area (Å²) in [5.41, 5.74) is 0.470. The maximum atomic E-state index is 12.5. The Balaban J connectivity index is 2.31. The first-order chi connectivity index (χ1) is 8.84. The Morgan fingerprint density at radius 1 is 0.947 bits per heavy atom. The average Bonchev–Trinajstić information content (AvgIpc) is 2.70. The molecule has 0 unspecified atom stereocenters. The van der Waals surface area contributed by atoms with E-state index in [1.165, 1.54) is 12.1 Å². The summed E-state index contributed by atoms with van der Waals surface area (Å²) in [4.78, 5) is 13.4. The van der Waals surface area contributed by atoms with Crippen LogP contribution in [0.4, 0.5) is 13.2 Å². The number of aromatic nitrogens is 4. The summed E-state index contributed by atoms with van der Waals surface area (Å²) in [5.74, 6) is -1.14. The third-order valence-electron chi connectivity index (χ3n) is 2.41.